The lowest BCUT2D eigenvalue weighted by Crippen LogP contribution is -2.64. The summed E-state index contributed by atoms with van der Waals surface area (Å²) in [5, 5.41) is 34.9. The summed E-state index contributed by atoms with van der Waals surface area (Å²) in [7, 11) is 11.9. The molecule has 13 atom stereocenters. The molecular weight excluding hydrogens is 1260 g/mol. The number of thioether (sulfide) groups is 1. The Bertz CT molecular complexity index is 2630. The summed E-state index contributed by atoms with van der Waals surface area (Å²) in [4.78, 5) is 175. The van der Waals surface area contributed by atoms with Gasteiger partial charge in [-0.15, -0.1) is 0 Å². The zero-order valence-electron chi connectivity index (χ0n) is 64.3. The number of carbonyl (C=O) groups is 11. The third kappa shape index (κ3) is 27.0. The maximum Gasteiger partial charge on any atom is 0.246 e. The second-order valence-corrected chi connectivity index (χ2v) is 31.4. The van der Waals surface area contributed by atoms with E-state index in [0.717, 1.165) is 29.3 Å². The van der Waals surface area contributed by atoms with Gasteiger partial charge in [-0.05, 0) is 134 Å². The first-order chi connectivity index (χ1) is 44.7. The van der Waals surface area contributed by atoms with Crippen LogP contribution in [0.4, 0.5) is 0 Å². The van der Waals surface area contributed by atoms with Crippen LogP contribution in [0.2, 0.25) is 0 Å². The van der Waals surface area contributed by atoms with Crippen LogP contribution in [0, 0.1) is 41.4 Å². The zero-order valence-corrected chi connectivity index (χ0v) is 65.1. The highest BCUT2D eigenvalue weighted by Gasteiger charge is 2.47. The van der Waals surface area contributed by atoms with Crippen LogP contribution in [-0.2, 0) is 52.7 Å². The molecule has 0 aromatic heterocycles. The van der Waals surface area contributed by atoms with E-state index < -0.39 is 161 Å². The van der Waals surface area contributed by atoms with Crippen molar-refractivity contribution >= 4 is 76.7 Å². The van der Waals surface area contributed by atoms with Gasteiger partial charge >= 0.3 is 0 Å². The standard InChI is InChI=1S/C71H130N12O13S/c1-28-30-32-47(15)59(84)58-63(88)74-50(29-2)65(90)81(25)55(40-97-34-31-33-76(20)39-44(9)10)68(93)80(24)54(38-71(18,19)96)62(87)75-56(45(11)12)69(94)77(21)51(35-41(3)4)61(86)72-48(16)60(85)73-49(17)64(89)78(22)52(36-42(5)6)66(91)79(23)53(37-43(7)8)67(92)82(26)57(46(13)14)70(95)83(58)27/h28,30,41-59,84,96H,29,31-40H2,1-27H3,(H,72,86)(H,73,85)(H,74,88)(H,75,87)/b30-28+/t47-,48+,49-,50+,51+,52+,53+,54+,55-,56+,57+,58+,59-/m1/s1. The van der Waals surface area contributed by atoms with E-state index in [4.69, 9.17) is 0 Å². The summed E-state index contributed by atoms with van der Waals surface area (Å²) in [6, 6.07) is -14.4. The van der Waals surface area contributed by atoms with Crippen molar-refractivity contribution in [1.82, 2.24) is 60.5 Å². The monoisotopic (exact) mass is 1390 g/mol. The largest absolute Gasteiger partial charge is 0.390 e. The van der Waals surface area contributed by atoms with Gasteiger partial charge in [-0.2, -0.15) is 11.8 Å². The first-order valence-electron chi connectivity index (χ1n) is 35.1. The molecule has 0 unspecified atom stereocenters. The highest BCUT2D eigenvalue weighted by molar-refractivity contribution is 7.99. The second-order valence-electron chi connectivity index (χ2n) is 30.3. The van der Waals surface area contributed by atoms with Crippen LogP contribution in [0.5, 0.6) is 0 Å². The number of nitrogens with zero attached hydrogens (tertiary/aromatic N) is 8. The molecule has 0 aromatic rings. The van der Waals surface area contributed by atoms with Gasteiger partial charge in [-0.3, -0.25) is 52.7 Å². The molecule has 1 saturated heterocycles. The topological polar surface area (TPSA) is 302 Å². The van der Waals surface area contributed by atoms with E-state index in [0.29, 0.717) is 11.7 Å². The number of hydrogen-bond donors (Lipinski definition) is 6. The van der Waals surface area contributed by atoms with E-state index in [9.17, 15) is 29.4 Å². The van der Waals surface area contributed by atoms with Crippen molar-refractivity contribution < 1.29 is 63.0 Å². The normalized spacial score (nSPS) is 26.1. The molecular formula is C71H130N12O13S. The smallest absolute Gasteiger partial charge is 0.246 e. The molecule has 1 aliphatic rings. The van der Waals surface area contributed by atoms with Gasteiger partial charge < -0.3 is 70.7 Å². The maximum atomic E-state index is 15.4. The van der Waals surface area contributed by atoms with E-state index in [2.05, 4.69) is 40.0 Å². The number of allylic oxidation sites excluding steroid dienone is 2. The second kappa shape index (κ2) is 41.0. The first kappa shape index (κ1) is 89.2. The SMILES string of the molecule is C/C=C/C[C@@H](C)[C@@H](O)[C@H]1C(=O)N[C@@H](CC)C(=O)N(C)[C@H](CSCCCN(C)CC(C)C)C(=O)N(C)[C@@H](CC(C)(C)O)C(=O)N[C@@H](C(C)C)C(=O)N(C)[C@@H](CC(C)C)C(=O)N[C@@H](C)C(=O)N[C@H](C)C(=O)N(C)[C@@H](CC(C)C)C(=O)N(C)[C@@H](CC(C)C)C(=O)N(C)[C@@H](C(C)C)C(=O)N1C. The molecule has 26 heteroatoms. The van der Waals surface area contributed by atoms with E-state index in [1.165, 1.54) is 113 Å². The van der Waals surface area contributed by atoms with E-state index >= 15 is 33.6 Å². The molecule has 97 heavy (non-hydrogen) atoms. The first-order valence-corrected chi connectivity index (χ1v) is 36.2. The van der Waals surface area contributed by atoms with Crippen molar-refractivity contribution in [1.29, 1.82) is 0 Å². The number of likely N-dealkylation sites (N-methyl/N-ethyl adjacent to an activating group) is 7. The molecule has 0 aliphatic carbocycles. The Morgan fingerprint density at radius 2 is 0.959 bits per heavy atom. The molecule has 558 valence electrons. The fraction of sp³-hybridized carbons (Fsp3) is 0.817. The van der Waals surface area contributed by atoms with Gasteiger partial charge in [-0.1, -0.05) is 109 Å². The lowest BCUT2D eigenvalue weighted by molar-refractivity contribution is -0.157. The number of amides is 11. The maximum absolute atomic E-state index is 15.4. The van der Waals surface area contributed by atoms with Gasteiger partial charge in [0.15, 0.2) is 0 Å². The van der Waals surface area contributed by atoms with Crippen molar-refractivity contribution in [2.45, 2.75) is 255 Å². The third-order valence-corrected chi connectivity index (χ3v) is 19.3. The van der Waals surface area contributed by atoms with E-state index in [1.807, 2.05) is 54.7 Å². The molecule has 0 saturated carbocycles. The van der Waals surface area contributed by atoms with Gasteiger partial charge in [-0.25, -0.2) is 0 Å². The Hall–Kier alpha value is -5.86. The highest BCUT2D eigenvalue weighted by atomic mass is 32.2. The van der Waals surface area contributed by atoms with E-state index in [-0.39, 0.29) is 62.0 Å². The third-order valence-electron chi connectivity index (χ3n) is 18.2. The summed E-state index contributed by atoms with van der Waals surface area (Å²) in [6.07, 6.45) is 3.10. The highest BCUT2D eigenvalue weighted by Crippen LogP contribution is 2.27. The molecule has 0 spiro atoms. The minimum Gasteiger partial charge on any atom is -0.390 e. The molecule has 1 aliphatic heterocycles. The molecule has 1 rings (SSSR count). The fourth-order valence-electron chi connectivity index (χ4n) is 12.3. The Balaban J connectivity index is 4.58. The van der Waals surface area contributed by atoms with E-state index in [1.54, 1.807) is 54.5 Å². The fourth-order valence-corrected chi connectivity index (χ4v) is 13.4. The van der Waals surface area contributed by atoms with Crippen LogP contribution in [-0.4, -0.2) is 274 Å². The van der Waals surface area contributed by atoms with Gasteiger partial charge in [0.05, 0.1) is 11.7 Å². The molecule has 0 bridgehead atoms. The molecule has 0 aromatic carbocycles. The number of aliphatic hydroxyl groups is 2. The van der Waals surface area contributed by atoms with Gasteiger partial charge in [0, 0.05) is 68.1 Å². The summed E-state index contributed by atoms with van der Waals surface area (Å²) < 4.78 is 0. The number of carbonyl (C=O) groups excluding carboxylic acids is 11. The number of hydrogen-bond acceptors (Lipinski definition) is 15. The average Bonchev–Trinajstić information content (AvgIpc) is 0.811. The van der Waals surface area contributed by atoms with Crippen LogP contribution in [0.3, 0.4) is 0 Å². The van der Waals surface area contributed by atoms with Crippen molar-refractivity contribution in [3.05, 3.63) is 12.2 Å². The van der Waals surface area contributed by atoms with Gasteiger partial charge in [0.25, 0.3) is 0 Å². The average molecular weight is 1390 g/mol. The minimum atomic E-state index is -1.66. The minimum absolute atomic E-state index is 0.0244. The summed E-state index contributed by atoms with van der Waals surface area (Å²) in [5.74, 6) is -9.23. The Kier molecular flexibility index (Phi) is 37.7. The Morgan fingerprint density at radius 3 is 1.43 bits per heavy atom. The lowest BCUT2D eigenvalue weighted by atomic mass is 9.91. The lowest BCUT2D eigenvalue weighted by Gasteiger charge is -2.41. The van der Waals surface area contributed by atoms with Crippen molar-refractivity contribution in [2.75, 3.05) is 81.0 Å². The quantitative estimate of drug-likeness (QED) is 0.0608. The summed E-state index contributed by atoms with van der Waals surface area (Å²) in [6.45, 7) is 34.9. The number of aliphatic hydroxyl groups excluding tert-OH is 1. The molecule has 1 fully saturated rings. The Morgan fingerprint density at radius 1 is 0.515 bits per heavy atom. The van der Waals surface area contributed by atoms with Crippen LogP contribution >= 0.6 is 11.8 Å². The Labute approximate surface area is 586 Å². The molecule has 1 heterocycles. The zero-order chi connectivity index (χ0) is 75.2. The molecule has 0 radical (unpaired) electrons. The molecule has 25 nitrogen and oxygen atoms in total. The van der Waals surface area contributed by atoms with Gasteiger partial charge in [0.1, 0.15) is 66.5 Å². The summed E-state index contributed by atoms with van der Waals surface area (Å²) in [5.41, 5.74) is -1.59. The van der Waals surface area contributed by atoms with Gasteiger partial charge in [0.2, 0.25) is 65.0 Å². The molecule has 11 amide bonds. The van der Waals surface area contributed by atoms with Crippen LogP contribution in [0.15, 0.2) is 12.2 Å². The number of nitrogens with one attached hydrogen (secondary N) is 4. The predicted octanol–water partition coefficient (Wildman–Crippen LogP) is 4.46. The predicted molar refractivity (Wildman–Crippen MR) is 383 cm³/mol. The molecule has 6 N–H and O–H groups in total. The van der Waals surface area contributed by atoms with Crippen LogP contribution in [0.25, 0.3) is 0 Å². The van der Waals surface area contributed by atoms with Crippen LogP contribution < -0.4 is 21.3 Å². The number of rotatable bonds is 23. The van der Waals surface area contributed by atoms with Crippen molar-refractivity contribution in [2.24, 2.45) is 41.4 Å². The van der Waals surface area contributed by atoms with Crippen molar-refractivity contribution in [3.8, 4) is 0 Å². The summed E-state index contributed by atoms with van der Waals surface area (Å²) >= 11 is 1.41. The van der Waals surface area contributed by atoms with Crippen LogP contribution in [0.1, 0.15) is 176 Å². The van der Waals surface area contributed by atoms with Crippen molar-refractivity contribution in [3.63, 3.8) is 0 Å².